The van der Waals surface area contributed by atoms with E-state index in [4.69, 9.17) is 0 Å². The average molecular weight is 97.1 g/mol. The van der Waals surface area contributed by atoms with Crippen LogP contribution in [0.1, 0.15) is 6.92 Å². The zero-order valence-corrected chi connectivity index (χ0v) is 4.36. The molecule has 1 heterocycles. The highest BCUT2D eigenvalue weighted by Crippen LogP contribution is 1.79. The molecule has 0 saturated heterocycles. The van der Waals surface area contributed by atoms with Crippen molar-refractivity contribution in [2.24, 2.45) is 0 Å². The Hall–Kier alpha value is -0.790. The topological polar surface area (TPSA) is 26.0 Å². The average Bonchev–Trinajstić information content (AvgIpc) is 1.69. The van der Waals surface area contributed by atoms with Crippen molar-refractivity contribution in [1.29, 1.82) is 0 Å². The van der Waals surface area contributed by atoms with Crippen LogP contribution in [0.5, 0.6) is 0 Å². The first-order valence-electron chi connectivity index (χ1n) is 2.38. The summed E-state index contributed by atoms with van der Waals surface area (Å²) in [5.41, 5.74) is 1.22. The Morgan fingerprint density at radius 1 is 1.86 bits per heavy atom. The van der Waals surface area contributed by atoms with Crippen molar-refractivity contribution >= 4 is 6.34 Å². The van der Waals surface area contributed by atoms with E-state index in [9.17, 15) is 0 Å². The molecule has 7 heavy (non-hydrogen) atoms. The first kappa shape index (κ1) is 4.37. The molecule has 0 unspecified atom stereocenters. The van der Waals surface area contributed by atoms with Crippen LogP contribution in [0.2, 0.25) is 0 Å². The van der Waals surface area contributed by atoms with Gasteiger partial charge >= 0.3 is 0 Å². The van der Waals surface area contributed by atoms with Crippen molar-refractivity contribution in [2.75, 3.05) is 6.54 Å². The molecule has 2 heteroatoms. The van der Waals surface area contributed by atoms with Crippen LogP contribution in [-0.4, -0.2) is 12.9 Å². The van der Waals surface area contributed by atoms with Crippen LogP contribution in [-0.2, 0) is 0 Å². The second-order valence-corrected chi connectivity index (χ2v) is 1.58. The van der Waals surface area contributed by atoms with Crippen molar-refractivity contribution in [3.63, 3.8) is 0 Å². The van der Waals surface area contributed by atoms with Gasteiger partial charge in [-0.3, -0.25) is 10.3 Å². The lowest BCUT2D eigenvalue weighted by molar-refractivity contribution is -0.442. The van der Waals surface area contributed by atoms with Gasteiger partial charge in [0.05, 0.1) is 5.70 Å². The smallest absolute Gasteiger partial charge is 0.234 e. The van der Waals surface area contributed by atoms with Gasteiger partial charge < -0.3 is 0 Å². The van der Waals surface area contributed by atoms with Gasteiger partial charge in [0.1, 0.15) is 6.54 Å². The molecule has 0 atom stereocenters. The van der Waals surface area contributed by atoms with Gasteiger partial charge in [-0.1, -0.05) is 0 Å². The van der Waals surface area contributed by atoms with Gasteiger partial charge in [-0.2, -0.15) is 0 Å². The SMILES string of the molecule is CC1=CC[NH+]=CN1. The number of allylic oxidation sites excluding steroid dienone is 1. The van der Waals surface area contributed by atoms with Gasteiger partial charge in [0, 0.05) is 0 Å². The van der Waals surface area contributed by atoms with Gasteiger partial charge in [0.2, 0.25) is 6.34 Å². The van der Waals surface area contributed by atoms with E-state index in [1.807, 2.05) is 13.3 Å². The molecule has 0 radical (unpaired) electrons. The Labute approximate surface area is 42.9 Å². The van der Waals surface area contributed by atoms with Crippen molar-refractivity contribution in [2.45, 2.75) is 6.92 Å². The highest BCUT2D eigenvalue weighted by atomic mass is 15.0. The third-order valence-electron chi connectivity index (χ3n) is 0.928. The van der Waals surface area contributed by atoms with Crippen LogP contribution >= 0.6 is 0 Å². The molecule has 1 rings (SSSR count). The largest absolute Gasteiger partial charge is 0.277 e. The predicted molar refractivity (Wildman–Crippen MR) is 28.8 cm³/mol. The number of rotatable bonds is 0. The monoisotopic (exact) mass is 97.1 g/mol. The maximum Gasteiger partial charge on any atom is 0.234 e. The van der Waals surface area contributed by atoms with Gasteiger partial charge in [-0.05, 0) is 13.0 Å². The van der Waals surface area contributed by atoms with E-state index in [-0.39, 0.29) is 0 Å². The first-order chi connectivity index (χ1) is 3.39. The van der Waals surface area contributed by atoms with Crippen LogP contribution in [0.15, 0.2) is 11.8 Å². The molecule has 2 N–H and O–H groups in total. The lowest BCUT2D eigenvalue weighted by Gasteiger charge is -1.94. The molecular formula is C5H9N2+. The molecule has 0 bridgehead atoms. The summed E-state index contributed by atoms with van der Waals surface area (Å²) in [7, 11) is 0. The van der Waals surface area contributed by atoms with Crippen molar-refractivity contribution in [3.05, 3.63) is 11.8 Å². The molecule has 38 valence electrons. The molecule has 1 aliphatic heterocycles. The zero-order valence-electron chi connectivity index (χ0n) is 4.36. The fourth-order valence-electron chi connectivity index (χ4n) is 0.495. The van der Waals surface area contributed by atoms with Crippen LogP contribution in [0.4, 0.5) is 0 Å². The summed E-state index contributed by atoms with van der Waals surface area (Å²) in [5.74, 6) is 0. The molecule has 0 spiro atoms. The van der Waals surface area contributed by atoms with E-state index in [1.165, 1.54) is 5.70 Å². The van der Waals surface area contributed by atoms with E-state index in [2.05, 4.69) is 16.4 Å². The van der Waals surface area contributed by atoms with Crippen LogP contribution in [0.25, 0.3) is 0 Å². The van der Waals surface area contributed by atoms with E-state index in [1.54, 1.807) is 0 Å². The highest BCUT2D eigenvalue weighted by molar-refractivity contribution is 5.51. The molecular weight excluding hydrogens is 88.1 g/mol. The summed E-state index contributed by atoms with van der Waals surface area (Å²) >= 11 is 0. The molecule has 0 aliphatic carbocycles. The minimum absolute atomic E-state index is 0.957. The van der Waals surface area contributed by atoms with Gasteiger partial charge in [0.25, 0.3) is 0 Å². The second kappa shape index (κ2) is 1.78. The van der Waals surface area contributed by atoms with Crippen LogP contribution < -0.4 is 10.3 Å². The summed E-state index contributed by atoms with van der Waals surface area (Å²) < 4.78 is 0. The summed E-state index contributed by atoms with van der Waals surface area (Å²) in [5, 5.41) is 3.01. The maximum atomic E-state index is 3.01. The van der Waals surface area contributed by atoms with E-state index < -0.39 is 0 Å². The Bertz CT molecular complexity index is 113. The Morgan fingerprint density at radius 3 is 3.00 bits per heavy atom. The predicted octanol–water partition coefficient (Wildman–Crippen LogP) is -1.40. The molecule has 0 aromatic heterocycles. The molecule has 0 aromatic carbocycles. The molecule has 0 saturated carbocycles. The van der Waals surface area contributed by atoms with Gasteiger partial charge in [-0.15, -0.1) is 0 Å². The van der Waals surface area contributed by atoms with Gasteiger partial charge in [-0.25, -0.2) is 0 Å². The Morgan fingerprint density at radius 2 is 2.71 bits per heavy atom. The quantitative estimate of drug-likeness (QED) is 0.382. The molecule has 0 amide bonds. The van der Waals surface area contributed by atoms with Crippen molar-refractivity contribution in [3.8, 4) is 0 Å². The van der Waals surface area contributed by atoms with E-state index in [0.717, 1.165) is 6.54 Å². The number of hydrogen-bond donors (Lipinski definition) is 2. The Kier molecular flexibility index (Phi) is 1.11. The minimum Gasteiger partial charge on any atom is -0.277 e. The summed E-state index contributed by atoms with van der Waals surface area (Å²) in [4.78, 5) is 3.00. The van der Waals surface area contributed by atoms with Crippen LogP contribution in [0.3, 0.4) is 0 Å². The van der Waals surface area contributed by atoms with E-state index >= 15 is 0 Å². The summed E-state index contributed by atoms with van der Waals surface area (Å²) in [6.07, 6.45) is 3.94. The second-order valence-electron chi connectivity index (χ2n) is 1.58. The molecule has 1 aliphatic rings. The van der Waals surface area contributed by atoms with Gasteiger partial charge in [0.15, 0.2) is 0 Å². The first-order valence-corrected chi connectivity index (χ1v) is 2.38. The van der Waals surface area contributed by atoms with E-state index in [0.29, 0.717) is 0 Å². The number of nitrogens with one attached hydrogen (secondary N) is 2. The normalized spacial score (nSPS) is 18.1. The lowest BCUT2D eigenvalue weighted by Crippen LogP contribution is -2.72. The Balaban J connectivity index is 2.50. The minimum atomic E-state index is 0.957. The third kappa shape index (κ3) is 1.03. The van der Waals surface area contributed by atoms with Crippen molar-refractivity contribution < 1.29 is 4.99 Å². The highest BCUT2D eigenvalue weighted by Gasteiger charge is 1.92. The fraction of sp³-hybridized carbons (Fsp3) is 0.400. The molecule has 0 fully saturated rings. The number of hydrogen-bond acceptors (Lipinski definition) is 1. The van der Waals surface area contributed by atoms with Crippen molar-refractivity contribution in [1.82, 2.24) is 5.32 Å². The lowest BCUT2D eigenvalue weighted by atomic mass is 10.4. The zero-order chi connectivity index (χ0) is 5.11. The maximum absolute atomic E-state index is 3.01. The summed E-state index contributed by atoms with van der Waals surface area (Å²) in [6.45, 7) is 3.00. The third-order valence-corrected chi connectivity index (χ3v) is 0.928. The van der Waals surface area contributed by atoms with Crippen LogP contribution in [0, 0.1) is 0 Å². The summed E-state index contributed by atoms with van der Waals surface area (Å²) in [6, 6.07) is 0. The standard InChI is InChI=1S/C5H8N2/c1-5-2-3-6-4-7-5/h2,4H,3H2,1H3,(H,6,7)/p+1. The fourth-order valence-corrected chi connectivity index (χ4v) is 0.495. The molecule has 0 aromatic rings. The molecule has 2 nitrogen and oxygen atoms in total.